The Morgan fingerprint density at radius 1 is 1.26 bits per heavy atom. The van der Waals surface area contributed by atoms with Gasteiger partial charge < -0.3 is 30.0 Å². The van der Waals surface area contributed by atoms with Gasteiger partial charge in [0.15, 0.2) is 33.6 Å². The lowest BCUT2D eigenvalue weighted by Crippen LogP contribution is -2.39. The number of aromatic nitrogens is 4. The van der Waals surface area contributed by atoms with Crippen molar-refractivity contribution in [2.24, 2.45) is 5.92 Å². The number of hydrogen-bond donors (Lipinski definition) is 2. The van der Waals surface area contributed by atoms with Gasteiger partial charge in [0.2, 0.25) is 12.7 Å². The summed E-state index contributed by atoms with van der Waals surface area (Å²) in [6, 6.07) is 3.87. The maximum absolute atomic E-state index is 12.3. The quantitative estimate of drug-likeness (QED) is 0.426. The Morgan fingerprint density at radius 2 is 2.03 bits per heavy atom. The molecule has 3 aromatic rings. The van der Waals surface area contributed by atoms with E-state index in [0.29, 0.717) is 29.4 Å². The standard InChI is InChI=1S/C23H28BrN7O3S/c1-26-6-2-19(32)30-7-3-14(4-8-30)5-9-31-22-20(21(25)27-12-28-22)29-23(31)35-18-11-17-16(10-15(18)24)33-13-34-17/h10-12,14,26H,2-9,13H2,1H3,(H2,25,27,28). The average molecular weight is 562 g/mol. The van der Waals surface area contributed by atoms with Crippen LogP contribution in [0.4, 0.5) is 5.82 Å². The van der Waals surface area contributed by atoms with Crippen LogP contribution in [0.3, 0.4) is 0 Å². The first-order valence-electron chi connectivity index (χ1n) is 11.7. The van der Waals surface area contributed by atoms with Gasteiger partial charge in [-0.25, -0.2) is 15.0 Å². The third-order valence-electron chi connectivity index (χ3n) is 6.47. The zero-order valence-corrected chi connectivity index (χ0v) is 21.9. The number of aryl methyl sites for hydroxylation is 1. The number of nitrogen functional groups attached to an aromatic ring is 1. The first-order chi connectivity index (χ1) is 17.0. The maximum Gasteiger partial charge on any atom is 0.231 e. The van der Waals surface area contributed by atoms with E-state index in [1.165, 1.54) is 18.1 Å². The van der Waals surface area contributed by atoms with E-state index >= 15 is 0 Å². The molecule has 2 aromatic heterocycles. The molecule has 0 aliphatic carbocycles. The van der Waals surface area contributed by atoms with Crippen molar-refractivity contribution in [2.45, 2.75) is 42.3 Å². The van der Waals surface area contributed by atoms with Crippen LogP contribution in [0.2, 0.25) is 0 Å². The molecule has 2 aliphatic rings. The molecule has 0 saturated carbocycles. The number of nitrogens with one attached hydrogen (secondary N) is 1. The predicted octanol–water partition coefficient (Wildman–Crippen LogP) is 3.29. The Labute approximate surface area is 216 Å². The number of rotatable bonds is 8. The molecule has 0 atom stereocenters. The van der Waals surface area contributed by atoms with E-state index in [1.54, 1.807) is 0 Å². The van der Waals surface area contributed by atoms with Gasteiger partial charge in [0, 0.05) is 42.0 Å². The van der Waals surface area contributed by atoms with Crippen LogP contribution in [-0.4, -0.2) is 63.8 Å². The highest BCUT2D eigenvalue weighted by Gasteiger charge is 2.24. The van der Waals surface area contributed by atoms with Crippen LogP contribution in [0.15, 0.2) is 33.0 Å². The summed E-state index contributed by atoms with van der Waals surface area (Å²) in [5.74, 6) is 2.58. The fourth-order valence-electron chi connectivity index (χ4n) is 4.46. The third kappa shape index (κ3) is 5.19. The van der Waals surface area contributed by atoms with Gasteiger partial charge in [0.1, 0.15) is 6.33 Å². The number of ether oxygens (including phenoxy) is 2. The molecule has 1 amide bonds. The van der Waals surface area contributed by atoms with Gasteiger partial charge in [-0.2, -0.15) is 0 Å². The largest absolute Gasteiger partial charge is 0.454 e. The van der Waals surface area contributed by atoms with Crippen LogP contribution < -0.4 is 20.5 Å². The van der Waals surface area contributed by atoms with Gasteiger partial charge in [0.25, 0.3) is 0 Å². The number of nitrogens with zero attached hydrogens (tertiary/aromatic N) is 5. The van der Waals surface area contributed by atoms with Crippen LogP contribution in [0.1, 0.15) is 25.7 Å². The molecule has 186 valence electrons. The van der Waals surface area contributed by atoms with Crippen molar-refractivity contribution in [2.75, 3.05) is 39.2 Å². The number of benzene rings is 1. The van der Waals surface area contributed by atoms with E-state index in [4.69, 9.17) is 20.2 Å². The minimum Gasteiger partial charge on any atom is -0.454 e. The Bertz CT molecular complexity index is 1230. The molecule has 12 heteroatoms. The molecule has 2 aliphatic heterocycles. The topological polar surface area (TPSA) is 120 Å². The molecule has 1 fully saturated rings. The Hall–Kier alpha value is -2.57. The molecule has 5 rings (SSSR count). The molecule has 4 heterocycles. The number of carbonyl (C=O) groups excluding carboxylic acids is 1. The number of hydrogen-bond acceptors (Lipinski definition) is 9. The van der Waals surface area contributed by atoms with E-state index in [9.17, 15) is 4.79 Å². The van der Waals surface area contributed by atoms with Crippen molar-refractivity contribution in [3.63, 3.8) is 0 Å². The number of anilines is 1. The Kier molecular flexibility index (Phi) is 7.30. The molecule has 0 unspecified atom stereocenters. The summed E-state index contributed by atoms with van der Waals surface area (Å²) in [5.41, 5.74) is 7.47. The molecule has 10 nitrogen and oxygen atoms in total. The fraction of sp³-hybridized carbons (Fsp3) is 0.478. The summed E-state index contributed by atoms with van der Waals surface area (Å²) >= 11 is 5.17. The van der Waals surface area contributed by atoms with Gasteiger partial charge in [-0.05, 0) is 60.3 Å². The lowest BCUT2D eigenvalue weighted by molar-refractivity contribution is -0.132. The number of nitrogens with two attached hydrogens (primary N) is 1. The summed E-state index contributed by atoms with van der Waals surface area (Å²) in [6.45, 7) is 3.34. The van der Waals surface area contributed by atoms with Gasteiger partial charge in [0.05, 0.1) is 0 Å². The van der Waals surface area contributed by atoms with E-state index in [1.807, 2.05) is 24.1 Å². The highest BCUT2D eigenvalue weighted by molar-refractivity contribution is 9.10. The first kappa shape index (κ1) is 24.1. The van der Waals surface area contributed by atoms with Crippen LogP contribution in [-0.2, 0) is 11.3 Å². The minimum atomic E-state index is 0.223. The average Bonchev–Trinajstić information content (AvgIpc) is 3.46. The third-order valence-corrected chi connectivity index (χ3v) is 8.44. The Balaban J connectivity index is 1.32. The normalized spacial score (nSPS) is 15.8. The van der Waals surface area contributed by atoms with Gasteiger partial charge >= 0.3 is 0 Å². The molecule has 0 spiro atoms. The van der Waals surface area contributed by atoms with Crippen molar-refractivity contribution in [3.05, 3.63) is 22.9 Å². The number of halogens is 1. The lowest BCUT2D eigenvalue weighted by Gasteiger charge is -2.32. The zero-order valence-electron chi connectivity index (χ0n) is 19.5. The van der Waals surface area contributed by atoms with Crippen LogP contribution >= 0.6 is 27.7 Å². The number of piperidine rings is 1. The molecule has 1 saturated heterocycles. The molecule has 0 bridgehead atoms. The van der Waals surface area contributed by atoms with Crippen molar-refractivity contribution in [1.82, 2.24) is 29.7 Å². The van der Waals surface area contributed by atoms with Gasteiger partial charge in [-0.15, -0.1) is 0 Å². The smallest absolute Gasteiger partial charge is 0.231 e. The summed E-state index contributed by atoms with van der Waals surface area (Å²) in [7, 11) is 1.87. The van der Waals surface area contributed by atoms with Gasteiger partial charge in [-0.1, -0.05) is 11.8 Å². The first-order valence-corrected chi connectivity index (χ1v) is 13.3. The van der Waals surface area contributed by atoms with Crippen LogP contribution in [0, 0.1) is 5.92 Å². The number of carbonyl (C=O) groups is 1. The van der Waals surface area contributed by atoms with E-state index in [0.717, 1.165) is 71.4 Å². The zero-order chi connectivity index (χ0) is 24.4. The predicted molar refractivity (Wildman–Crippen MR) is 137 cm³/mol. The number of amides is 1. The van der Waals surface area contributed by atoms with E-state index < -0.39 is 0 Å². The second-order valence-corrected chi connectivity index (χ2v) is 10.5. The Morgan fingerprint density at radius 3 is 2.80 bits per heavy atom. The molecule has 3 N–H and O–H groups in total. The molecule has 1 aromatic carbocycles. The van der Waals surface area contributed by atoms with Crippen molar-refractivity contribution in [3.8, 4) is 11.5 Å². The second-order valence-electron chi connectivity index (χ2n) is 8.68. The summed E-state index contributed by atoms with van der Waals surface area (Å²) < 4.78 is 14.1. The number of fused-ring (bicyclic) bond motifs is 2. The van der Waals surface area contributed by atoms with E-state index in [-0.39, 0.29) is 12.7 Å². The molecular weight excluding hydrogens is 534 g/mol. The van der Waals surface area contributed by atoms with Crippen molar-refractivity contribution >= 4 is 50.6 Å². The van der Waals surface area contributed by atoms with Gasteiger partial charge in [-0.3, -0.25) is 4.79 Å². The molecular formula is C23H28BrN7O3S. The highest BCUT2D eigenvalue weighted by Crippen LogP contribution is 2.43. The van der Waals surface area contributed by atoms with Crippen molar-refractivity contribution < 1.29 is 14.3 Å². The van der Waals surface area contributed by atoms with Crippen LogP contribution in [0.5, 0.6) is 11.5 Å². The van der Waals surface area contributed by atoms with E-state index in [2.05, 4.69) is 35.8 Å². The van der Waals surface area contributed by atoms with Crippen molar-refractivity contribution in [1.29, 1.82) is 0 Å². The maximum atomic E-state index is 12.3. The van der Waals surface area contributed by atoms with Crippen LogP contribution in [0.25, 0.3) is 11.2 Å². The summed E-state index contributed by atoms with van der Waals surface area (Å²) in [6.07, 6.45) is 5.02. The fourth-order valence-corrected chi connectivity index (χ4v) is 5.97. The number of imidazole rings is 1. The minimum absolute atomic E-state index is 0.223. The SMILES string of the molecule is CNCCC(=O)N1CCC(CCn2c(Sc3cc4c(cc3Br)OCO4)nc3c(N)ncnc32)CC1. The molecule has 35 heavy (non-hydrogen) atoms. The monoisotopic (exact) mass is 561 g/mol. The second kappa shape index (κ2) is 10.6. The highest BCUT2D eigenvalue weighted by atomic mass is 79.9. The summed E-state index contributed by atoms with van der Waals surface area (Å²) in [5, 5.41) is 3.84. The molecule has 0 radical (unpaired) electrons. The summed E-state index contributed by atoms with van der Waals surface area (Å²) in [4.78, 5) is 28.7. The number of likely N-dealkylation sites (tertiary alicyclic amines) is 1. The lowest BCUT2D eigenvalue weighted by atomic mass is 9.93.